The number of aliphatic carboxylic acids is 2. The molecule has 0 aromatic carbocycles. The zero-order valence-corrected chi connectivity index (χ0v) is 34.4. The van der Waals surface area contributed by atoms with E-state index in [4.69, 9.17) is 48.1 Å². The first-order chi connectivity index (χ1) is 27.1. The van der Waals surface area contributed by atoms with Crippen molar-refractivity contribution in [2.24, 2.45) is 0 Å². The standard InChI is InChI=1S/C31H48N4O14S.C4H4O4/c1-9-43-27(38)18(2)46-29(40)20(4)48-30(41)21(5)47-28(39)19(3)45-23(36)10-11-24(37)49-22(16-32-31(6,7)8)17-44-26-25(33-50-34-26)35-12-14-42-15-13-35;5-3(6)1-2-4(7)8/h18-22,32H,9-17H2,1-8H3;1-2H,(H,5,6)(H,7,8)/b;2-1-/t18-,19-,20-,21-,22-;/m0./s1. The number of carboxylic acid groups (broad SMARTS) is 2. The van der Waals surface area contributed by atoms with Crippen molar-refractivity contribution in [1.82, 2.24) is 14.1 Å². The van der Waals surface area contributed by atoms with Crippen LogP contribution >= 0.6 is 11.7 Å². The zero-order chi connectivity index (χ0) is 44.0. The molecule has 5 atom stereocenters. The Kier molecular flexibility index (Phi) is 22.5. The van der Waals surface area contributed by atoms with Gasteiger partial charge in [-0.25, -0.2) is 28.8 Å². The quantitative estimate of drug-likeness (QED) is 0.0877. The van der Waals surface area contributed by atoms with Gasteiger partial charge in [0.15, 0.2) is 24.4 Å². The van der Waals surface area contributed by atoms with Gasteiger partial charge in [-0.1, -0.05) is 0 Å². The first kappa shape index (κ1) is 50.6. The van der Waals surface area contributed by atoms with Crippen molar-refractivity contribution in [2.75, 3.05) is 51.0 Å². The monoisotopic (exact) mass is 848 g/mol. The van der Waals surface area contributed by atoms with Crippen LogP contribution in [0.25, 0.3) is 0 Å². The van der Waals surface area contributed by atoms with Crippen molar-refractivity contribution in [1.29, 1.82) is 0 Å². The molecule has 0 unspecified atom stereocenters. The molecule has 1 aromatic rings. The van der Waals surface area contributed by atoms with E-state index in [1.165, 1.54) is 27.7 Å². The predicted octanol–water partition coefficient (Wildman–Crippen LogP) is 0.835. The second-order valence-corrected chi connectivity index (χ2v) is 13.7. The van der Waals surface area contributed by atoms with Crippen LogP contribution in [0.1, 0.15) is 68.2 Å². The molecule has 3 N–H and O–H groups in total. The molecule has 0 bridgehead atoms. The first-order valence-corrected chi connectivity index (χ1v) is 18.7. The van der Waals surface area contributed by atoms with Crippen LogP contribution in [-0.4, -0.2) is 149 Å². The highest BCUT2D eigenvalue weighted by molar-refractivity contribution is 6.99. The van der Waals surface area contributed by atoms with Crippen LogP contribution in [0.2, 0.25) is 0 Å². The Morgan fingerprint density at radius 1 is 0.759 bits per heavy atom. The molecule has 326 valence electrons. The average Bonchev–Trinajstić information content (AvgIpc) is 3.63. The van der Waals surface area contributed by atoms with Gasteiger partial charge in [0.2, 0.25) is 5.82 Å². The van der Waals surface area contributed by atoms with E-state index in [1.807, 2.05) is 25.7 Å². The van der Waals surface area contributed by atoms with Gasteiger partial charge in [-0.3, -0.25) is 9.59 Å². The third kappa shape index (κ3) is 21.2. The molecule has 0 amide bonds. The number of ether oxygens (including phenoxy) is 8. The van der Waals surface area contributed by atoms with Crippen molar-refractivity contribution >= 4 is 65.3 Å². The van der Waals surface area contributed by atoms with E-state index in [0.717, 1.165) is 11.7 Å². The molecular weight excluding hydrogens is 796 g/mol. The number of anilines is 1. The molecule has 1 saturated heterocycles. The van der Waals surface area contributed by atoms with Crippen LogP contribution in [0.4, 0.5) is 5.82 Å². The van der Waals surface area contributed by atoms with Crippen LogP contribution in [-0.2, 0) is 71.5 Å². The van der Waals surface area contributed by atoms with E-state index in [9.17, 15) is 38.4 Å². The molecule has 23 heteroatoms. The van der Waals surface area contributed by atoms with Gasteiger partial charge in [-0.15, -0.1) is 4.37 Å². The molecule has 22 nitrogen and oxygen atoms in total. The lowest BCUT2D eigenvalue weighted by atomic mass is 10.1. The molecule has 1 fully saturated rings. The first-order valence-electron chi connectivity index (χ1n) is 18.0. The van der Waals surface area contributed by atoms with E-state index in [0.29, 0.717) is 50.2 Å². The fraction of sp³-hybridized carbons (Fsp3) is 0.657. The highest BCUT2D eigenvalue weighted by Crippen LogP contribution is 2.26. The van der Waals surface area contributed by atoms with E-state index >= 15 is 0 Å². The third-order valence-electron chi connectivity index (χ3n) is 7.02. The maximum absolute atomic E-state index is 12.7. The number of carboxylic acids is 2. The molecular formula is C35H52N4O18S. The topological polar surface area (TPSA) is 292 Å². The van der Waals surface area contributed by atoms with Crippen LogP contribution in [0.15, 0.2) is 12.2 Å². The van der Waals surface area contributed by atoms with Gasteiger partial charge >= 0.3 is 47.8 Å². The Bertz CT molecular complexity index is 1560. The summed E-state index contributed by atoms with van der Waals surface area (Å²) in [5, 5.41) is 18.9. The highest BCUT2D eigenvalue weighted by Gasteiger charge is 2.31. The summed E-state index contributed by atoms with van der Waals surface area (Å²) >= 11 is 1.00. The lowest BCUT2D eigenvalue weighted by Gasteiger charge is -2.27. The van der Waals surface area contributed by atoms with Crippen molar-refractivity contribution in [3.63, 3.8) is 0 Å². The molecule has 0 spiro atoms. The van der Waals surface area contributed by atoms with Crippen molar-refractivity contribution in [2.45, 2.75) is 104 Å². The van der Waals surface area contributed by atoms with Gasteiger partial charge in [0.05, 0.1) is 44.4 Å². The minimum absolute atomic E-state index is 0.0296. The number of nitrogens with one attached hydrogen (secondary N) is 1. The Labute approximate surface area is 338 Å². The van der Waals surface area contributed by atoms with Crippen molar-refractivity contribution < 1.29 is 86.5 Å². The predicted molar refractivity (Wildman–Crippen MR) is 199 cm³/mol. The van der Waals surface area contributed by atoms with Crippen LogP contribution in [0.3, 0.4) is 0 Å². The van der Waals surface area contributed by atoms with Gasteiger partial charge in [0, 0.05) is 37.3 Å². The molecule has 1 aromatic heterocycles. The second kappa shape index (κ2) is 25.8. The van der Waals surface area contributed by atoms with Crippen LogP contribution in [0, 0.1) is 0 Å². The fourth-order valence-corrected chi connectivity index (χ4v) is 4.59. The summed E-state index contributed by atoms with van der Waals surface area (Å²) in [6.45, 7) is 15.1. The zero-order valence-electron chi connectivity index (χ0n) is 33.6. The number of nitrogens with zero attached hydrogens (tertiary/aromatic N) is 3. The lowest BCUT2D eigenvalue weighted by Crippen LogP contribution is -2.44. The Morgan fingerprint density at radius 3 is 1.69 bits per heavy atom. The molecule has 1 aliphatic rings. The largest absolute Gasteiger partial charge is 0.478 e. The summed E-state index contributed by atoms with van der Waals surface area (Å²) in [5.41, 5.74) is -0.289. The lowest BCUT2D eigenvalue weighted by molar-refractivity contribution is -0.185. The molecule has 1 aliphatic heterocycles. The number of hydrogen-bond acceptors (Lipinski definition) is 21. The Hall–Kier alpha value is -5.42. The summed E-state index contributed by atoms with van der Waals surface area (Å²) in [4.78, 5) is 94.8. The Morgan fingerprint density at radius 2 is 1.22 bits per heavy atom. The van der Waals surface area contributed by atoms with Crippen LogP contribution < -0.4 is 15.0 Å². The number of esters is 6. The maximum atomic E-state index is 12.7. The van der Waals surface area contributed by atoms with Gasteiger partial charge in [0.1, 0.15) is 12.7 Å². The van der Waals surface area contributed by atoms with Gasteiger partial charge in [0.25, 0.3) is 5.88 Å². The number of rotatable bonds is 21. The Balaban J connectivity index is 0.00000189. The number of aromatic nitrogens is 2. The smallest absolute Gasteiger partial charge is 0.347 e. The minimum atomic E-state index is -1.48. The summed E-state index contributed by atoms with van der Waals surface area (Å²) < 4.78 is 50.1. The summed E-state index contributed by atoms with van der Waals surface area (Å²) in [5.74, 6) is -7.15. The molecule has 2 heterocycles. The number of hydrogen-bond donors (Lipinski definition) is 3. The minimum Gasteiger partial charge on any atom is -0.478 e. The number of morpholine rings is 1. The SMILES string of the molecule is CCOC(=O)[C@H](C)OC(=O)[C@H](C)OC(=O)[C@H](C)OC(=O)[C@H](C)OC(=O)CCC(=O)O[C@@H](CNC(C)(C)C)COc1nsnc1N1CCOCC1.O=C(O)/C=C\C(=O)O. The summed E-state index contributed by atoms with van der Waals surface area (Å²) in [6.07, 6.45) is -5.96. The van der Waals surface area contributed by atoms with Gasteiger partial charge in [-0.2, -0.15) is 4.37 Å². The van der Waals surface area contributed by atoms with Gasteiger partial charge in [-0.05, 0) is 55.4 Å². The van der Waals surface area contributed by atoms with Crippen molar-refractivity contribution in [3.8, 4) is 5.88 Å². The van der Waals surface area contributed by atoms with Gasteiger partial charge < -0.3 is 58.3 Å². The average molecular weight is 849 g/mol. The molecule has 0 saturated carbocycles. The van der Waals surface area contributed by atoms with E-state index < -0.39 is 84.7 Å². The van der Waals surface area contributed by atoms with E-state index in [2.05, 4.69) is 14.1 Å². The van der Waals surface area contributed by atoms with E-state index in [-0.39, 0.29) is 31.7 Å². The third-order valence-corrected chi connectivity index (χ3v) is 7.52. The fourth-order valence-electron chi connectivity index (χ4n) is 4.07. The summed E-state index contributed by atoms with van der Waals surface area (Å²) in [6, 6.07) is 0. The normalized spacial score (nSPS) is 15.2. The van der Waals surface area contributed by atoms with Crippen LogP contribution in [0.5, 0.6) is 5.88 Å². The molecule has 2 rings (SSSR count). The summed E-state index contributed by atoms with van der Waals surface area (Å²) in [7, 11) is 0. The molecule has 0 aliphatic carbocycles. The maximum Gasteiger partial charge on any atom is 0.347 e. The number of carbonyl (C=O) groups is 8. The van der Waals surface area contributed by atoms with E-state index in [1.54, 1.807) is 6.92 Å². The molecule has 58 heavy (non-hydrogen) atoms. The second-order valence-electron chi connectivity index (χ2n) is 13.2. The molecule has 0 radical (unpaired) electrons. The van der Waals surface area contributed by atoms with Crippen molar-refractivity contribution in [3.05, 3.63) is 12.2 Å². The number of carbonyl (C=O) groups excluding carboxylic acids is 6. The highest BCUT2D eigenvalue weighted by atomic mass is 32.1.